The Morgan fingerprint density at radius 1 is 1.44 bits per heavy atom. The summed E-state index contributed by atoms with van der Waals surface area (Å²) in [6, 6.07) is 5.63. The molecule has 1 aromatic carbocycles. The Hall–Kier alpha value is -2.21. The average Bonchev–Trinajstić information content (AvgIpc) is 2.98. The highest BCUT2D eigenvalue weighted by atomic mass is 32.1. The predicted octanol–water partition coefficient (Wildman–Crippen LogP) is 2.20. The van der Waals surface area contributed by atoms with E-state index in [1.807, 2.05) is 23.6 Å². The summed E-state index contributed by atoms with van der Waals surface area (Å²) in [6.07, 6.45) is 2.04. The van der Waals surface area contributed by atoms with Crippen molar-refractivity contribution in [2.24, 2.45) is 0 Å². The van der Waals surface area contributed by atoms with Gasteiger partial charge in [0, 0.05) is 16.5 Å². The number of hydrogen-bond acceptors (Lipinski definition) is 4. The molecule has 3 rings (SSSR count). The second-order valence-corrected chi connectivity index (χ2v) is 4.60. The molecule has 3 aromatic rings. The lowest BCUT2D eigenvalue weighted by Crippen LogP contribution is -2.14. The topological polar surface area (TPSA) is 70.7 Å². The number of H-pyrrole nitrogens is 1. The van der Waals surface area contributed by atoms with Crippen LogP contribution in [0.3, 0.4) is 0 Å². The van der Waals surface area contributed by atoms with Gasteiger partial charge in [-0.2, -0.15) is 5.10 Å². The first-order chi connectivity index (χ1) is 8.81. The molecule has 2 heterocycles. The summed E-state index contributed by atoms with van der Waals surface area (Å²) >= 11 is 1.49. The minimum Gasteiger partial charge on any atom is -0.326 e. The molecule has 0 saturated heterocycles. The molecule has 1 amide bonds. The summed E-state index contributed by atoms with van der Waals surface area (Å²) in [6.45, 7) is 0. The number of aromatic amines is 1. The molecule has 0 aliphatic heterocycles. The van der Waals surface area contributed by atoms with E-state index in [0.29, 0.717) is 6.42 Å². The van der Waals surface area contributed by atoms with Crippen molar-refractivity contribution < 1.29 is 4.79 Å². The smallest absolute Gasteiger partial charge is 0.230 e. The van der Waals surface area contributed by atoms with E-state index >= 15 is 0 Å². The maximum absolute atomic E-state index is 11.8. The number of rotatable bonds is 3. The fourth-order valence-corrected chi connectivity index (χ4v) is 2.27. The highest BCUT2D eigenvalue weighted by Crippen LogP contribution is 2.16. The van der Waals surface area contributed by atoms with Gasteiger partial charge in [0.05, 0.1) is 29.3 Å². The highest BCUT2D eigenvalue weighted by Gasteiger charge is 2.06. The summed E-state index contributed by atoms with van der Waals surface area (Å²) in [5, 5.41) is 12.5. The van der Waals surface area contributed by atoms with Gasteiger partial charge < -0.3 is 5.32 Å². The molecule has 0 saturated carbocycles. The highest BCUT2D eigenvalue weighted by molar-refractivity contribution is 7.07. The number of fused-ring (bicyclic) bond motifs is 1. The molecule has 2 N–H and O–H groups in total. The zero-order valence-corrected chi connectivity index (χ0v) is 10.2. The number of nitrogens with zero attached hydrogens (tertiary/aromatic N) is 2. The fraction of sp³-hybridized carbons (Fsp3) is 0.0833. The van der Waals surface area contributed by atoms with Crippen LogP contribution in [0, 0.1) is 0 Å². The van der Waals surface area contributed by atoms with E-state index < -0.39 is 0 Å². The van der Waals surface area contributed by atoms with Gasteiger partial charge in [-0.25, -0.2) is 4.98 Å². The summed E-state index contributed by atoms with van der Waals surface area (Å²) < 4.78 is 0. The Balaban J connectivity index is 1.73. The minimum absolute atomic E-state index is 0.0697. The molecule has 5 nitrogen and oxygen atoms in total. The first-order valence-corrected chi connectivity index (χ1v) is 6.35. The van der Waals surface area contributed by atoms with E-state index in [1.54, 1.807) is 11.7 Å². The standard InChI is InChI=1S/C12H10N4OS/c17-12(4-10-6-18-7-13-10)15-9-2-1-8-5-14-16-11(8)3-9/h1-3,5-7H,4H2,(H,14,16)(H,15,17). The van der Waals surface area contributed by atoms with Gasteiger partial charge in [0.15, 0.2) is 0 Å². The lowest BCUT2D eigenvalue weighted by Gasteiger charge is -2.03. The third-order valence-corrected chi connectivity index (χ3v) is 3.19. The van der Waals surface area contributed by atoms with Crippen LogP contribution in [0.1, 0.15) is 5.69 Å². The van der Waals surface area contributed by atoms with Crippen LogP contribution in [-0.4, -0.2) is 21.1 Å². The Morgan fingerprint density at radius 2 is 2.39 bits per heavy atom. The van der Waals surface area contributed by atoms with Crippen LogP contribution in [0.15, 0.2) is 35.3 Å². The monoisotopic (exact) mass is 258 g/mol. The molecule has 0 bridgehead atoms. The van der Waals surface area contributed by atoms with E-state index in [2.05, 4.69) is 20.5 Å². The largest absolute Gasteiger partial charge is 0.326 e. The lowest BCUT2D eigenvalue weighted by molar-refractivity contribution is -0.115. The maximum Gasteiger partial charge on any atom is 0.230 e. The van der Waals surface area contributed by atoms with Gasteiger partial charge in [0.25, 0.3) is 0 Å². The van der Waals surface area contributed by atoms with Gasteiger partial charge in [-0.05, 0) is 18.2 Å². The van der Waals surface area contributed by atoms with Gasteiger partial charge in [0.2, 0.25) is 5.91 Å². The van der Waals surface area contributed by atoms with Crippen molar-refractivity contribution in [3.8, 4) is 0 Å². The molecule has 0 atom stereocenters. The van der Waals surface area contributed by atoms with Crippen LogP contribution < -0.4 is 5.32 Å². The van der Waals surface area contributed by atoms with Crippen molar-refractivity contribution in [2.75, 3.05) is 5.32 Å². The molecule has 0 aliphatic rings. The molecule has 0 radical (unpaired) electrons. The summed E-state index contributed by atoms with van der Waals surface area (Å²) in [5.41, 5.74) is 4.17. The molecule has 2 aromatic heterocycles. The number of anilines is 1. The maximum atomic E-state index is 11.8. The number of carbonyl (C=O) groups excluding carboxylic acids is 1. The van der Waals surface area contributed by atoms with Gasteiger partial charge in [-0.15, -0.1) is 11.3 Å². The Kier molecular flexibility index (Phi) is 2.77. The van der Waals surface area contributed by atoms with Gasteiger partial charge in [0.1, 0.15) is 0 Å². The Morgan fingerprint density at radius 3 is 3.22 bits per heavy atom. The molecule has 90 valence electrons. The predicted molar refractivity (Wildman–Crippen MR) is 70.5 cm³/mol. The SMILES string of the molecule is O=C(Cc1cscn1)Nc1ccc2cn[nH]c2c1. The third-order valence-electron chi connectivity index (χ3n) is 2.55. The van der Waals surface area contributed by atoms with Crippen molar-refractivity contribution in [1.82, 2.24) is 15.2 Å². The first kappa shape index (κ1) is 10.9. The molecule has 0 fully saturated rings. The molecule has 0 aliphatic carbocycles. The molecule has 0 unspecified atom stereocenters. The van der Waals surface area contributed by atoms with E-state index in [4.69, 9.17) is 0 Å². The van der Waals surface area contributed by atoms with Crippen molar-refractivity contribution in [2.45, 2.75) is 6.42 Å². The number of benzene rings is 1. The van der Waals surface area contributed by atoms with Gasteiger partial charge >= 0.3 is 0 Å². The van der Waals surface area contributed by atoms with E-state index in [9.17, 15) is 4.79 Å². The van der Waals surface area contributed by atoms with Crippen molar-refractivity contribution in [3.05, 3.63) is 41.0 Å². The number of nitrogens with one attached hydrogen (secondary N) is 2. The van der Waals surface area contributed by atoms with E-state index in [0.717, 1.165) is 22.3 Å². The summed E-state index contributed by atoms with van der Waals surface area (Å²) in [5.74, 6) is -0.0697. The van der Waals surface area contributed by atoms with Crippen LogP contribution in [0.25, 0.3) is 10.9 Å². The number of carbonyl (C=O) groups is 1. The Bertz CT molecular complexity index is 674. The molecule has 6 heteroatoms. The number of hydrogen-bond donors (Lipinski definition) is 2. The zero-order valence-electron chi connectivity index (χ0n) is 9.38. The summed E-state index contributed by atoms with van der Waals surface area (Å²) in [7, 11) is 0. The molecule has 0 spiro atoms. The zero-order chi connectivity index (χ0) is 12.4. The molecule has 18 heavy (non-hydrogen) atoms. The second-order valence-electron chi connectivity index (χ2n) is 3.88. The quantitative estimate of drug-likeness (QED) is 0.756. The van der Waals surface area contributed by atoms with Crippen LogP contribution in [0.2, 0.25) is 0 Å². The fourth-order valence-electron chi connectivity index (χ4n) is 1.71. The second kappa shape index (κ2) is 4.58. The van der Waals surface area contributed by atoms with Crippen molar-refractivity contribution in [3.63, 3.8) is 0 Å². The lowest BCUT2D eigenvalue weighted by atomic mass is 10.2. The van der Waals surface area contributed by atoms with Gasteiger partial charge in [-0.3, -0.25) is 9.89 Å². The van der Waals surface area contributed by atoms with Crippen molar-refractivity contribution in [1.29, 1.82) is 0 Å². The molecular weight excluding hydrogens is 248 g/mol. The molecular formula is C12H10N4OS. The number of amides is 1. The van der Waals surface area contributed by atoms with Crippen LogP contribution in [0.5, 0.6) is 0 Å². The summed E-state index contributed by atoms with van der Waals surface area (Å²) in [4.78, 5) is 15.9. The Labute approximate surface area is 107 Å². The van der Waals surface area contributed by atoms with Gasteiger partial charge in [-0.1, -0.05) is 0 Å². The third kappa shape index (κ3) is 2.23. The van der Waals surface area contributed by atoms with E-state index in [1.165, 1.54) is 11.3 Å². The normalized spacial score (nSPS) is 10.7. The number of thiazole rings is 1. The number of aromatic nitrogens is 3. The van der Waals surface area contributed by atoms with E-state index in [-0.39, 0.29) is 5.91 Å². The average molecular weight is 258 g/mol. The van der Waals surface area contributed by atoms with Crippen LogP contribution in [-0.2, 0) is 11.2 Å². The van der Waals surface area contributed by atoms with Crippen molar-refractivity contribution >= 4 is 33.8 Å². The van der Waals surface area contributed by atoms with Crippen LogP contribution >= 0.6 is 11.3 Å². The first-order valence-electron chi connectivity index (χ1n) is 5.41. The minimum atomic E-state index is -0.0697. The van der Waals surface area contributed by atoms with Crippen LogP contribution in [0.4, 0.5) is 5.69 Å².